The van der Waals surface area contributed by atoms with Crippen LogP contribution in [0.2, 0.25) is 0 Å². The molecule has 0 amide bonds. The van der Waals surface area contributed by atoms with Crippen LogP contribution in [0.1, 0.15) is 21.5 Å². The number of carbonyl (C=O) groups excluding carboxylic acids is 1. The van der Waals surface area contributed by atoms with E-state index in [0.29, 0.717) is 6.61 Å². The molecule has 0 aromatic heterocycles. The Morgan fingerprint density at radius 1 is 1.18 bits per heavy atom. The van der Waals surface area contributed by atoms with Crippen molar-refractivity contribution in [2.45, 2.75) is 13.3 Å². The van der Waals surface area contributed by atoms with Crippen LogP contribution < -0.4 is 0 Å². The largest absolute Gasteiger partial charge is 0.373 e. The van der Waals surface area contributed by atoms with Gasteiger partial charge in [0.15, 0.2) is 5.78 Å². The Balaban J connectivity index is 2.38. The van der Waals surface area contributed by atoms with Gasteiger partial charge in [-0.3, -0.25) is 4.79 Å². The lowest BCUT2D eigenvalue weighted by atomic mass is 9.92. The van der Waals surface area contributed by atoms with Crippen molar-refractivity contribution in [1.29, 1.82) is 0 Å². The van der Waals surface area contributed by atoms with Gasteiger partial charge in [-0.2, -0.15) is 0 Å². The summed E-state index contributed by atoms with van der Waals surface area (Å²) in [6.07, 6.45) is 0.821. The third-order valence-electron chi connectivity index (χ3n) is 3.39. The molecular weight excluding hydrogens is 212 g/mol. The van der Waals surface area contributed by atoms with Gasteiger partial charge in [-0.05, 0) is 41.3 Å². The van der Waals surface area contributed by atoms with Gasteiger partial charge in [0.25, 0.3) is 0 Å². The highest BCUT2D eigenvalue weighted by atomic mass is 16.5. The van der Waals surface area contributed by atoms with E-state index >= 15 is 0 Å². The fraction of sp³-hybridized carbons (Fsp3) is 0.267. The van der Waals surface area contributed by atoms with Crippen LogP contribution in [0.25, 0.3) is 10.8 Å². The van der Waals surface area contributed by atoms with E-state index < -0.39 is 0 Å². The van der Waals surface area contributed by atoms with Gasteiger partial charge in [-0.25, -0.2) is 0 Å². The Bertz CT molecular complexity index is 599. The second kappa shape index (κ2) is 3.97. The van der Waals surface area contributed by atoms with Gasteiger partial charge < -0.3 is 4.74 Å². The maximum atomic E-state index is 12.0. The summed E-state index contributed by atoms with van der Waals surface area (Å²) in [4.78, 5) is 12.0. The zero-order valence-electron chi connectivity index (χ0n) is 9.82. The molecule has 0 fully saturated rings. The number of benzene rings is 2. The highest BCUT2D eigenvalue weighted by Gasteiger charge is 2.18. The number of rotatable bonds is 0. The summed E-state index contributed by atoms with van der Waals surface area (Å²) < 4.78 is 5.33. The van der Waals surface area contributed by atoms with Crippen molar-refractivity contribution in [3.05, 3.63) is 47.0 Å². The number of fused-ring (bicyclic) bond motifs is 3. The van der Waals surface area contributed by atoms with E-state index in [1.165, 1.54) is 10.8 Å². The highest BCUT2D eigenvalue weighted by molar-refractivity contribution is 6.04. The third kappa shape index (κ3) is 1.65. The van der Waals surface area contributed by atoms with E-state index in [1.54, 1.807) is 0 Å². The van der Waals surface area contributed by atoms with Crippen LogP contribution in [0, 0.1) is 6.92 Å². The van der Waals surface area contributed by atoms with E-state index in [2.05, 4.69) is 19.1 Å². The number of carbonyl (C=O) groups is 1. The summed E-state index contributed by atoms with van der Waals surface area (Å²) >= 11 is 0. The molecule has 1 heterocycles. The molecule has 2 aromatic rings. The average Bonchev–Trinajstić information content (AvgIpc) is 2.53. The van der Waals surface area contributed by atoms with E-state index in [-0.39, 0.29) is 12.4 Å². The minimum atomic E-state index is 0.103. The van der Waals surface area contributed by atoms with Crippen molar-refractivity contribution in [3.8, 4) is 0 Å². The maximum absolute atomic E-state index is 12.0. The van der Waals surface area contributed by atoms with Crippen LogP contribution in [0.3, 0.4) is 0 Å². The molecule has 86 valence electrons. The first-order chi connectivity index (χ1) is 8.27. The first kappa shape index (κ1) is 10.5. The molecule has 2 aromatic carbocycles. The molecule has 2 heteroatoms. The second-order valence-corrected chi connectivity index (χ2v) is 4.49. The molecule has 0 unspecified atom stereocenters. The van der Waals surface area contributed by atoms with Crippen LogP contribution in [0.5, 0.6) is 0 Å². The van der Waals surface area contributed by atoms with Crippen molar-refractivity contribution in [2.24, 2.45) is 0 Å². The van der Waals surface area contributed by atoms with Crippen LogP contribution >= 0.6 is 0 Å². The summed E-state index contributed by atoms with van der Waals surface area (Å²) in [5.74, 6) is 0.103. The van der Waals surface area contributed by atoms with Gasteiger partial charge in [-0.15, -0.1) is 0 Å². The Morgan fingerprint density at radius 2 is 1.94 bits per heavy atom. The van der Waals surface area contributed by atoms with Gasteiger partial charge in [0.1, 0.15) is 6.61 Å². The molecule has 2 nitrogen and oxygen atoms in total. The van der Waals surface area contributed by atoms with Gasteiger partial charge in [0.05, 0.1) is 6.61 Å². The van der Waals surface area contributed by atoms with Crippen LogP contribution in [-0.4, -0.2) is 19.0 Å². The van der Waals surface area contributed by atoms with E-state index in [0.717, 1.165) is 23.1 Å². The number of ketones is 1. The lowest BCUT2D eigenvalue weighted by Crippen LogP contribution is -2.07. The summed E-state index contributed by atoms with van der Waals surface area (Å²) in [6.45, 7) is 2.90. The standard InChI is InChI=1S/C15H14O2/c1-10-8-14-13(6-7-17-9-15(14)16)12-5-3-2-4-11(10)12/h2-5,8H,6-7,9H2,1H3. The first-order valence-electron chi connectivity index (χ1n) is 5.89. The molecule has 0 N–H and O–H groups in total. The molecule has 0 radical (unpaired) electrons. The molecule has 0 aliphatic carbocycles. The van der Waals surface area contributed by atoms with E-state index in [1.807, 2.05) is 18.2 Å². The highest BCUT2D eigenvalue weighted by Crippen LogP contribution is 2.28. The number of hydrogen-bond acceptors (Lipinski definition) is 2. The molecule has 0 spiro atoms. The summed E-state index contributed by atoms with van der Waals surface area (Å²) in [6, 6.07) is 10.3. The SMILES string of the molecule is Cc1cc2c(c3ccccc13)CCOCC2=O. The number of Topliss-reactive ketones (excluding diaryl/α,β-unsaturated/α-hetero) is 1. The molecule has 1 aliphatic rings. The number of aryl methyl sites for hydroxylation is 1. The van der Waals surface area contributed by atoms with Gasteiger partial charge in [-0.1, -0.05) is 24.3 Å². The van der Waals surface area contributed by atoms with Crippen LogP contribution in [-0.2, 0) is 11.2 Å². The zero-order valence-corrected chi connectivity index (χ0v) is 9.82. The minimum Gasteiger partial charge on any atom is -0.373 e. The molecule has 1 aliphatic heterocycles. The predicted molar refractivity (Wildman–Crippen MR) is 67.5 cm³/mol. The van der Waals surface area contributed by atoms with Gasteiger partial charge in [0, 0.05) is 5.56 Å². The van der Waals surface area contributed by atoms with E-state index in [9.17, 15) is 4.79 Å². The zero-order chi connectivity index (χ0) is 11.8. The average molecular weight is 226 g/mol. The number of ether oxygens (including phenoxy) is 1. The lowest BCUT2D eigenvalue weighted by Gasteiger charge is -2.11. The first-order valence-corrected chi connectivity index (χ1v) is 5.89. The molecule has 0 saturated heterocycles. The monoisotopic (exact) mass is 226 g/mol. The molecule has 0 atom stereocenters. The van der Waals surface area contributed by atoms with Crippen molar-refractivity contribution >= 4 is 16.6 Å². The Hall–Kier alpha value is -1.67. The fourth-order valence-electron chi connectivity index (χ4n) is 2.55. The quantitative estimate of drug-likeness (QED) is 0.690. The van der Waals surface area contributed by atoms with E-state index in [4.69, 9.17) is 4.74 Å². The Morgan fingerprint density at radius 3 is 2.76 bits per heavy atom. The Labute approximate surface area is 100 Å². The van der Waals surface area contributed by atoms with Crippen molar-refractivity contribution in [2.75, 3.05) is 13.2 Å². The molecule has 0 saturated carbocycles. The molecular formula is C15H14O2. The van der Waals surface area contributed by atoms with Crippen LogP contribution in [0.4, 0.5) is 0 Å². The van der Waals surface area contributed by atoms with Gasteiger partial charge in [0.2, 0.25) is 0 Å². The summed E-state index contributed by atoms with van der Waals surface area (Å²) in [5.41, 5.74) is 3.15. The summed E-state index contributed by atoms with van der Waals surface area (Å²) in [7, 11) is 0. The van der Waals surface area contributed by atoms with Gasteiger partial charge >= 0.3 is 0 Å². The topological polar surface area (TPSA) is 26.3 Å². The molecule has 17 heavy (non-hydrogen) atoms. The normalized spacial score (nSPS) is 15.7. The number of hydrogen-bond donors (Lipinski definition) is 0. The molecule has 3 rings (SSSR count). The van der Waals surface area contributed by atoms with Crippen molar-refractivity contribution in [1.82, 2.24) is 0 Å². The van der Waals surface area contributed by atoms with Crippen LogP contribution in [0.15, 0.2) is 30.3 Å². The maximum Gasteiger partial charge on any atom is 0.188 e. The Kier molecular flexibility index (Phi) is 2.45. The van der Waals surface area contributed by atoms with Crippen molar-refractivity contribution in [3.63, 3.8) is 0 Å². The molecule has 0 bridgehead atoms. The second-order valence-electron chi connectivity index (χ2n) is 4.49. The third-order valence-corrected chi connectivity index (χ3v) is 3.39. The lowest BCUT2D eigenvalue weighted by molar-refractivity contribution is 0.0788. The smallest absolute Gasteiger partial charge is 0.188 e. The van der Waals surface area contributed by atoms with Crippen molar-refractivity contribution < 1.29 is 9.53 Å². The predicted octanol–water partition coefficient (Wildman–Crippen LogP) is 2.90. The fourth-order valence-corrected chi connectivity index (χ4v) is 2.55. The minimum absolute atomic E-state index is 0.103. The summed E-state index contributed by atoms with van der Waals surface area (Å²) in [5, 5.41) is 2.43.